The molecule has 2 rings (SSSR count). The highest BCUT2D eigenvalue weighted by Gasteiger charge is 2.25. The Balaban J connectivity index is 2.49. The van der Waals surface area contributed by atoms with E-state index in [1.165, 1.54) is 4.31 Å². The number of benzene rings is 2. The lowest BCUT2D eigenvalue weighted by Crippen LogP contribution is -2.31. The maximum absolute atomic E-state index is 13.1. The van der Waals surface area contributed by atoms with Gasteiger partial charge < -0.3 is 9.47 Å². The Labute approximate surface area is 149 Å². The quantitative estimate of drug-likeness (QED) is 0.672. The van der Waals surface area contributed by atoms with Gasteiger partial charge in [-0.25, -0.2) is 8.42 Å². The largest absolute Gasteiger partial charge is 0.496 e. The number of methoxy groups -OCH3 is 1. The van der Waals surface area contributed by atoms with Gasteiger partial charge in [-0.2, -0.15) is 0 Å². The van der Waals surface area contributed by atoms with Crippen molar-refractivity contribution >= 4 is 15.7 Å². The number of hydrogen-bond donors (Lipinski definition) is 0. The zero-order chi connectivity index (χ0) is 18.4. The van der Waals surface area contributed by atoms with Crippen molar-refractivity contribution in [3.05, 3.63) is 60.7 Å². The minimum absolute atomic E-state index is 0.156. The Hall–Kier alpha value is -2.47. The minimum Gasteiger partial charge on any atom is -0.496 e. The van der Waals surface area contributed by atoms with Crippen LogP contribution in [-0.2, 0) is 10.0 Å². The molecule has 0 spiro atoms. The highest BCUT2D eigenvalue weighted by Crippen LogP contribution is 2.29. The molecule has 0 unspecified atom stereocenters. The van der Waals surface area contributed by atoms with E-state index < -0.39 is 10.0 Å². The Morgan fingerprint density at radius 2 is 1.96 bits per heavy atom. The van der Waals surface area contributed by atoms with E-state index in [2.05, 4.69) is 6.58 Å². The Kier molecular flexibility index (Phi) is 6.09. The van der Waals surface area contributed by atoms with E-state index in [4.69, 9.17) is 9.47 Å². The van der Waals surface area contributed by atoms with Gasteiger partial charge >= 0.3 is 0 Å². The molecule has 0 saturated carbocycles. The Morgan fingerprint density at radius 3 is 2.56 bits per heavy atom. The van der Waals surface area contributed by atoms with Crippen molar-refractivity contribution in [2.24, 2.45) is 0 Å². The van der Waals surface area contributed by atoms with Crippen LogP contribution in [0.2, 0.25) is 0 Å². The van der Waals surface area contributed by atoms with Gasteiger partial charge in [-0.3, -0.25) is 4.31 Å². The smallest absolute Gasteiger partial charge is 0.264 e. The minimum atomic E-state index is -3.74. The summed E-state index contributed by atoms with van der Waals surface area (Å²) in [5, 5.41) is 0. The second-order valence-electron chi connectivity index (χ2n) is 5.39. The molecule has 0 atom stereocenters. The van der Waals surface area contributed by atoms with Crippen molar-refractivity contribution in [3.63, 3.8) is 0 Å². The first kappa shape index (κ1) is 18.9. The van der Waals surface area contributed by atoms with Gasteiger partial charge in [0.05, 0.1) is 30.8 Å². The summed E-state index contributed by atoms with van der Waals surface area (Å²) in [5.74, 6) is 1.27. The lowest BCUT2D eigenvalue weighted by Gasteiger charge is -2.24. The van der Waals surface area contributed by atoms with Crippen LogP contribution in [0.25, 0.3) is 0 Å². The van der Waals surface area contributed by atoms with E-state index in [1.807, 2.05) is 13.8 Å². The normalized spacial score (nSPS) is 11.0. The molecular formula is C19H23NO4S. The summed E-state index contributed by atoms with van der Waals surface area (Å²) in [6, 6.07) is 11.8. The van der Waals surface area contributed by atoms with Crippen molar-refractivity contribution in [1.29, 1.82) is 0 Å². The summed E-state index contributed by atoms with van der Waals surface area (Å²) < 4.78 is 38.3. The zero-order valence-corrected chi connectivity index (χ0v) is 15.5. The van der Waals surface area contributed by atoms with Crippen LogP contribution in [0.3, 0.4) is 0 Å². The molecule has 134 valence electrons. The molecule has 2 aromatic carbocycles. The molecule has 25 heavy (non-hydrogen) atoms. The highest BCUT2D eigenvalue weighted by molar-refractivity contribution is 7.92. The van der Waals surface area contributed by atoms with Gasteiger partial charge in [0.1, 0.15) is 11.5 Å². The molecule has 0 bridgehead atoms. The number of sulfonamides is 1. The lowest BCUT2D eigenvalue weighted by atomic mass is 10.2. The van der Waals surface area contributed by atoms with E-state index in [-0.39, 0.29) is 11.4 Å². The van der Waals surface area contributed by atoms with E-state index in [9.17, 15) is 8.42 Å². The first-order valence-corrected chi connectivity index (χ1v) is 9.39. The van der Waals surface area contributed by atoms with Crippen LogP contribution in [0.1, 0.15) is 12.5 Å². The van der Waals surface area contributed by atoms with Crippen molar-refractivity contribution in [3.8, 4) is 11.5 Å². The van der Waals surface area contributed by atoms with Crippen molar-refractivity contribution in [1.82, 2.24) is 0 Å². The van der Waals surface area contributed by atoms with Gasteiger partial charge in [0.15, 0.2) is 0 Å². The third kappa shape index (κ3) is 4.14. The van der Waals surface area contributed by atoms with Crippen LogP contribution in [0.4, 0.5) is 5.69 Å². The van der Waals surface area contributed by atoms with E-state index >= 15 is 0 Å². The van der Waals surface area contributed by atoms with Gasteiger partial charge in [0.25, 0.3) is 10.0 Å². The molecule has 0 aliphatic heterocycles. The van der Waals surface area contributed by atoms with Gasteiger partial charge in [-0.15, -0.1) is 6.58 Å². The van der Waals surface area contributed by atoms with Crippen LogP contribution >= 0.6 is 0 Å². The summed E-state index contributed by atoms with van der Waals surface area (Å²) in [6.45, 7) is 8.04. The van der Waals surface area contributed by atoms with Crippen LogP contribution in [0.5, 0.6) is 11.5 Å². The topological polar surface area (TPSA) is 55.8 Å². The highest BCUT2D eigenvalue weighted by atomic mass is 32.2. The molecule has 2 aromatic rings. The van der Waals surface area contributed by atoms with Gasteiger partial charge in [0, 0.05) is 6.07 Å². The molecule has 0 aliphatic carbocycles. The molecule has 5 nitrogen and oxygen atoms in total. The Bertz CT molecular complexity index is 846. The number of hydrogen-bond acceptors (Lipinski definition) is 4. The molecule has 0 fully saturated rings. The van der Waals surface area contributed by atoms with Gasteiger partial charge in [-0.1, -0.05) is 12.1 Å². The summed E-state index contributed by atoms with van der Waals surface area (Å²) in [7, 11) is -2.19. The number of nitrogens with zero attached hydrogens (tertiary/aromatic N) is 1. The summed E-state index contributed by atoms with van der Waals surface area (Å²) in [5.41, 5.74) is 1.28. The second-order valence-corrected chi connectivity index (χ2v) is 7.25. The van der Waals surface area contributed by atoms with Crippen LogP contribution in [0, 0.1) is 6.92 Å². The molecule has 0 aliphatic rings. The molecule has 0 heterocycles. The summed E-state index contributed by atoms with van der Waals surface area (Å²) in [4.78, 5) is 0.203. The fraction of sp³-hybridized carbons (Fsp3) is 0.263. The second kappa shape index (κ2) is 8.07. The first-order chi connectivity index (χ1) is 11.9. The molecule has 0 saturated heterocycles. The van der Waals surface area contributed by atoms with Crippen LogP contribution < -0.4 is 13.8 Å². The van der Waals surface area contributed by atoms with Crippen LogP contribution in [0.15, 0.2) is 60.0 Å². The average molecular weight is 361 g/mol. The predicted octanol–water partition coefficient (Wildman–Crippen LogP) is 3.78. The van der Waals surface area contributed by atoms with Gasteiger partial charge in [-0.05, 0) is 49.7 Å². The third-order valence-corrected chi connectivity index (χ3v) is 5.46. The molecule has 0 N–H and O–H groups in total. The van der Waals surface area contributed by atoms with Crippen molar-refractivity contribution in [2.45, 2.75) is 18.7 Å². The zero-order valence-electron chi connectivity index (χ0n) is 14.7. The Morgan fingerprint density at radius 1 is 1.20 bits per heavy atom. The lowest BCUT2D eigenvalue weighted by molar-refractivity contribution is 0.340. The number of anilines is 1. The molecule has 0 radical (unpaired) electrons. The monoisotopic (exact) mass is 361 g/mol. The standard InChI is InChI=1S/C19H23NO4S/c1-5-12-20(16-8-7-9-17(14-16)24-6-2)25(21,22)18-10-11-19(23-4)15(3)13-18/h5,7-11,13-14H,1,6,12H2,2-4H3. The number of ether oxygens (including phenoxy) is 2. The first-order valence-electron chi connectivity index (χ1n) is 7.95. The van der Waals surface area contributed by atoms with E-state index in [0.717, 1.165) is 5.56 Å². The molecular weight excluding hydrogens is 338 g/mol. The predicted molar refractivity (Wildman–Crippen MR) is 100 cm³/mol. The van der Waals surface area contributed by atoms with E-state index in [0.29, 0.717) is 23.8 Å². The van der Waals surface area contributed by atoms with E-state index in [1.54, 1.807) is 55.7 Å². The van der Waals surface area contributed by atoms with Crippen molar-refractivity contribution in [2.75, 3.05) is 24.6 Å². The summed E-state index contributed by atoms with van der Waals surface area (Å²) >= 11 is 0. The maximum Gasteiger partial charge on any atom is 0.264 e. The average Bonchev–Trinajstić information content (AvgIpc) is 2.60. The number of aryl methyl sites for hydroxylation is 1. The third-order valence-electron chi connectivity index (χ3n) is 3.67. The SMILES string of the molecule is C=CCN(c1cccc(OCC)c1)S(=O)(=O)c1ccc(OC)c(C)c1. The molecule has 0 amide bonds. The van der Waals surface area contributed by atoms with Gasteiger partial charge in [0.2, 0.25) is 0 Å². The molecule has 6 heteroatoms. The van der Waals surface area contributed by atoms with Crippen molar-refractivity contribution < 1.29 is 17.9 Å². The number of rotatable bonds is 8. The summed E-state index contributed by atoms with van der Waals surface area (Å²) in [6.07, 6.45) is 1.56. The fourth-order valence-electron chi connectivity index (χ4n) is 2.49. The van der Waals surface area contributed by atoms with Crippen LogP contribution in [-0.4, -0.2) is 28.7 Å². The fourth-order valence-corrected chi connectivity index (χ4v) is 4.01. The molecule has 0 aromatic heterocycles. The maximum atomic E-state index is 13.1.